The van der Waals surface area contributed by atoms with Gasteiger partial charge in [0.05, 0.1) is 0 Å². The van der Waals surface area contributed by atoms with Crippen LogP contribution in [0.4, 0.5) is 0 Å². The molecule has 0 unspecified atom stereocenters. The Hall–Kier alpha value is 0.0651. The number of hydrogen-bond acceptors (Lipinski definition) is 3. The third kappa shape index (κ3) is 3.03. The maximum absolute atomic E-state index is 11.6. The van der Waals surface area contributed by atoms with Crippen LogP contribution in [0.15, 0.2) is 29.2 Å². The molecule has 0 heterocycles. The minimum atomic E-state index is -3.45. The SMILES string of the molecule is C[CH2][Hg][O]S(=O)(=O)c1ccccc1C. The molecule has 1 rings (SSSR count). The van der Waals surface area contributed by atoms with Crippen molar-refractivity contribution in [1.29, 1.82) is 0 Å². The summed E-state index contributed by atoms with van der Waals surface area (Å²) in [6.07, 6.45) is 0. The van der Waals surface area contributed by atoms with Crippen LogP contribution >= 0.6 is 0 Å². The first kappa shape index (κ1) is 12.1. The summed E-state index contributed by atoms with van der Waals surface area (Å²) in [5.74, 6) is 0. The molecule has 0 fully saturated rings. The summed E-state index contributed by atoms with van der Waals surface area (Å²) in [5.41, 5.74) is 0.747. The molecule has 0 bridgehead atoms. The third-order valence-electron chi connectivity index (χ3n) is 1.81. The Morgan fingerprint density at radius 1 is 1.36 bits per heavy atom. The van der Waals surface area contributed by atoms with Crippen LogP contribution < -0.4 is 0 Å². The van der Waals surface area contributed by atoms with E-state index < -0.39 is 35.1 Å². The van der Waals surface area contributed by atoms with Crippen molar-refractivity contribution in [2.75, 3.05) is 0 Å². The topological polar surface area (TPSA) is 43.4 Å². The second-order valence-electron chi connectivity index (χ2n) is 3.04. The summed E-state index contributed by atoms with van der Waals surface area (Å²) in [7, 11) is -3.45. The molecule has 0 radical (unpaired) electrons. The number of hydrogen-bond donors (Lipinski definition) is 0. The van der Waals surface area contributed by atoms with Gasteiger partial charge in [-0.2, -0.15) is 0 Å². The Morgan fingerprint density at radius 3 is 2.57 bits per heavy atom. The molecular formula is C9H12HgO3S. The van der Waals surface area contributed by atoms with E-state index in [1.54, 1.807) is 25.1 Å². The van der Waals surface area contributed by atoms with E-state index in [2.05, 4.69) is 0 Å². The molecule has 1 aromatic carbocycles. The summed E-state index contributed by atoms with van der Waals surface area (Å²) in [5, 5.41) is 0. The van der Waals surface area contributed by atoms with Crippen LogP contribution in [0.3, 0.4) is 0 Å². The van der Waals surface area contributed by atoms with Crippen molar-refractivity contribution in [3.05, 3.63) is 29.8 Å². The van der Waals surface area contributed by atoms with Gasteiger partial charge in [0.25, 0.3) is 0 Å². The predicted molar refractivity (Wildman–Crippen MR) is 49.9 cm³/mol. The Morgan fingerprint density at radius 2 is 2.00 bits per heavy atom. The molecule has 0 aliphatic carbocycles. The van der Waals surface area contributed by atoms with E-state index in [1.807, 2.05) is 13.0 Å². The molecule has 0 atom stereocenters. The standard InChI is InChI=1S/C7H8O3S.C2H5.Hg/c1-6-4-2-3-5-7(6)11(8,9)10;1-2;/h2-5H,1H3,(H,8,9,10);1H2,2H3;/q;;+1/p-1. The predicted octanol–water partition coefficient (Wildman–Crippen LogP) is 2.14. The van der Waals surface area contributed by atoms with Crippen LogP contribution in [0, 0.1) is 6.92 Å². The molecule has 0 amide bonds. The van der Waals surface area contributed by atoms with Crippen molar-refractivity contribution in [2.24, 2.45) is 0 Å². The molecule has 0 aliphatic heterocycles. The van der Waals surface area contributed by atoms with Crippen molar-refractivity contribution in [1.82, 2.24) is 0 Å². The van der Waals surface area contributed by atoms with Crippen LogP contribution in [0.25, 0.3) is 0 Å². The van der Waals surface area contributed by atoms with Gasteiger partial charge in [-0.3, -0.25) is 0 Å². The van der Waals surface area contributed by atoms with Crippen LogP contribution in [0.2, 0.25) is 3.93 Å². The van der Waals surface area contributed by atoms with Crippen molar-refractivity contribution in [3.63, 3.8) is 0 Å². The molecular weight excluding hydrogens is 389 g/mol. The van der Waals surface area contributed by atoms with Gasteiger partial charge in [-0.1, -0.05) is 0 Å². The first-order chi connectivity index (χ1) is 6.58. The van der Waals surface area contributed by atoms with Crippen molar-refractivity contribution >= 4 is 10.1 Å². The maximum atomic E-state index is 11.6. The molecule has 0 spiro atoms. The van der Waals surface area contributed by atoms with Gasteiger partial charge in [0, 0.05) is 0 Å². The van der Waals surface area contributed by atoms with Gasteiger partial charge in [-0.15, -0.1) is 0 Å². The second kappa shape index (κ2) is 5.23. The Bertz CT molecular complexity index is 400. The van der Waals surface area contributed by atoms with E-state index in [0.29, 0.717) is 4.90 Å². The first-order valence-electron chi connectivity index (χ1n) is 4.53. The third-order valence-corrected chi connectivity index (χ3v) is 10.4. The van der Waals surface area contributed by atoms with E-state index in [0.717, 1.165) is 9.49 Å². The van der Waals surface area contributed by atoms with Gasteiger partial charge >= 0.3 is 98.2 Å². The summed E-state index contributed by atoms with van der Waals surface area (Å²) >= 11 is -1.63. The molecule has 74 valence electrons. The van der Waals surface area contributed by atoms with E-state index in [4.69, 9.17) is 2.09 Å². The zero-order chi connectivity index (χ0) is 10.6. The quantitative estimate of drug-likeness (QED) is 0.727. The van der Waals surface area contributed by atoms with E-state index in [1.165, 1.54) is 0 Å². The molecule has 3 nitrogen and oxygen atoms in total. The fourth-order valence-corrected chi connectivity index (χ4v) is 8.30. The molecule has 0 aliphatic rings. The molecule has 14 heavy (non-hydrogen) atoms. The van der Waals surface area contributed by atoms with Gasteiger partial charge < -0.3 is 0 Å². The van der Waals surface area contributed by atoms with Crippen LogP contribution in [-0.4, -0.2) is 8.42 Å². The summed E-state index contributed by atoms with van der Waals surface area (Å²) in [4.78, 5) is 0.313. The number of rotatable bonds is 4. The van der Waals surface area contributed by atoms with Gasteiger partial charge in [0.15, 0.2) is 0 Å². The number of aryl methyl sites for hydroxylation is 1. The summed E-state index contributed by atoms with van der Waals surface area (Å²) in [6, 6.07) is 6.90. The van der Waals surface area contributed by atoms with Gasteiger partial charge in [-0.05, 0) is 0 Å². The van der Waals surface area contributed by atoms with E-state index in [-0.39, 0.29) is 0 Å². The normalized spacial score (nSPS) is 11.0. The monoisotopic (exact) mass is 402 g/mol. The minimum absolute atomic E-state index is 0.313. The average molecular weight is 401 g/mol. The molecule has 5 heteroatoms. The van der Waals surface area contributed by atoms with Crippen LogP contribution in [0.1, 0.15) is 12.5 Å². The van der Waals surface area contributed by atoms with Gasteiger partial charge in [0.2, 0.25) is 0 Å². The fourth-order valence-electron chi connectivity index (χ4n) is 1.09. The van der Waals surface area contributed by atoms with Gasteiger partial charge in [-0.25, -0.2) is 0 Å². The fraction of sp³-hybridized carbons (Fsp3) is 0.333. The Labute approximate surface area is 97.7 Å². The van der Waals surface area contributed by atoms with E-state index >= 15 is 0 Å². The zero-order valence-electron chi connectivity index (χ0n) is 8.36. The van der Waals surface area contributed by atoms with Crippen molar-refractivity contribution < 1.29 is 35.5 Å². The van der Waals surface area contributed by atoms with Crippen molar-refractivity contribution in [3.8, 4) is 0 Å². The van der Waals surface area contributed by atoms with Gasteiger partial charge in [0.1, 0.15) is 0 Å². The Kier molecular flexibility index (Phi) is 4.54. The molecule has 0 saturated carbocycles. The molecule has 1 aromatic rings. The summed E-state index contributed by atoms with van der Waals surface area (Å²) < 4.78 is 29.2. The van der Waals surface area contributed by atoms with Crippen molar-refractivity contribution in [2.45, 2.75) is 22.7 Å². The van der Waals surface area contributed by atoms with Crippen LogP contribution in [-0.2, 0) is 37.2 Å². The Balaban J connectivity index is 2.99. The van der Waals surface area contributed by atoms with Crippen LogP contribution in [0.5, 0.6) is 0 Å². The molecule has 0 N–H and O–H groups in total. The second-order valence-corrected chi connectivity index (χ2v) is 12.8. The van der Waals surface area contributed by atoms with E-state index in [9.17, 15) is 8.42 Å². The molecule has 0 saturated heterocycles. The summed E-state index contributed by atoms with van der Waals surface area (Å²) in [6.45, 7) is 3.74. The zero-order valence-corrected chi connectivity index (χ0v) is 14.7. The average Bonchev–Trinajstić information content (AvgIpc) is 2.15. The first-order valence-corrected chi connectivity index (χ1v) is 12.1. The molecule has 0 aromatic heterocycles. The number of benzene rings is 1.